The van der Waals surface area contributed by atoms with Crippen LogP contribution in [0.1, 0.15) is 56.4 Å². The summed E-state index contributed by atoms with van der Waals surface area (Å²) in [6.07, 6.45) is -0.290. The summed E-state index contributed by atoms with van der Waals surface area (Å²) in [6.45, 7) is 15.2. The van der Waals surface area contributed by atoms with Gasteiger partial charge in [-0.3, -0.25) is 4.90 Å². The van der Waals surface area contributed by atoms with Gasteiger partial charge in [0.15, 0.2) is 0 Å². The first-order valence-electron chi connectivity index (χ1n) is 8.80. The maximum Gasteiger partial charge on any atom is 0.123 e. The fraction of sp³-hybridized carbons (Fsp3) is 0.684. The van der Waals surface area contributed by atoms with Crippen molar-refractivity contribution in [3.63, 3.8) is 0 Å². The monoisotopic (exact) mass is 320 g/mol. The Morgan fingerprint density at radius 2 is 1.78 bits per heavy atom. The van der Waals surface area contributed by atoms with Gasteiger partial charge in [-0.25, -0.2) is 0 Å². The summed E-state index contributed by atoms with van der Waals surface area (Å²) >= 11 is 0. The van der Waals surface area contributed by atoms with Crippen molar-refractivity contribution in [3.8, 4) is 5.75 Å². The molecule has 0 aromatic heterocycles. The van der Waals surface area contributed by atoms with Crippen molar-refractivity contribution in [2.24, 2.45) is 0 Å². The average molecular weight is 320 g/mol. The fourth-order valence-electron chi connectivity index (χ4n) is 3.12. The number of ether oxygens (including phenoxy) is 1. The van der Waals surface area contributed by atoms with Crippen molar-refractivity contribution in [1.29, 1.82) is 0 Å². The van der Waals surface area contributed by atoms with Gasteiger partial charge in [0.05, 0.1) is 12.2 Å². The van der Waals surface area contributed by atoms with Crippen molar-refractivity contribution in [3.05, 3.63) is 28.8 Å². The number of hydrogen-bond donors (Lipinski definition) is 2. The molecule has 0 amide bonds. The summed E-state index contributed by atoms with van der Waals surface area (Å²) in [5, 5.41) is 14.1. The minimum Gasteiger partial charge on any atom is -0.491 e. The van der Waals surface area contributed by atoms with Crippen LogP contribution >= 0.6 is 0 Å². The van der Waals surface area contributed by atoms with Gasteiger partial charge in [-0.1, -0.05) is 13.8 Å². The molecule has 4 nitrogen and oxygen atoms in total. The van der Waals surface area contributed by atoms with Crippen LogP contribution in [0, 0.1) is 6.92 Å². The normalized spacial score (nSPS) is 17.7. The van der Waals surface area contributed by atoms with Crippen LogP contribution in [-0.2, 0) is 0 Å². The molecule has 1 aliphatic rings. The lowest BCUT2D eigenvalue weighted by Gasteiger charge is -2.30. The molecule has 0 bridgehead atoms. The lowest BCUT2D eigenvalue weighted by atomic mass is 9.93. The summed E-state index contributed by atoms with van der Waals surface area (Å²) in [4.78, 5) is 2.33. The molecule has 4 heteroatoms. The van der Waals surface area contributed by atoms with E-state index in [1.807, 2.05) is 13.8 Å². The predicted molar refractivity (Wildman–Crippen MR) is 95.3 cm³/mol. The van der Waals surface area contributed by atoms with E-state index in [-0.39, 0.29) is 6.10 Å². The van der Waals surface area contributed by atoms with E-state index in [1.54, 1.807) is 0 Å². The highest BCUT2D eigenvalue weighted by atomic mass is 16.5. The van der Waals surface area contributed by atoms with Gasteiger partial charge in [0.25, 0.3) is 0 Å². The first-order chi connectivity index (χ1) is 10.9. The molecule has 0 spiro atoms. The largest absolute Gasteiger partial charge is 0.491 e. The van der Waals surface area contributed by atoms with Crippen LogP contribution in [-0.4, -0.2) is 48.8 Å². The maximum atomic E-state index is 10.7. The van der Waals surface area contributed by atoms with Crippen molar-refractivity contribution in [1.82, 2.24) is 10.2 Å². The van der Waals surface area contributed by atoms with E-state index < -0.39 is 6.10 Å². The second kappa shape index (κ2) is 8.13. The zero-order chi connectivity index (χ0) is 17.0. The molecular formula is C19H32N2O2. The Kier molecular flexibility index (Phi) is 6.45. The molecule has 1 aromatic rings. The Hall–Kier alpha value is -1.10. The van der Waals surface area contributed by atoms with Crippen molar-refractivity contribution in [2.45, 2.75) is 52.7 Å². The molecule has 1 saturated heterocycles. The Morgan fingerprint density at radius 1 is 1.13 bits per heavy atom. The number of hydrogen-bond acceptors (Lipinski definition) is 4. The van der Waals surface area contributed by atoms with Gasteiger partial charge in [0.2, 0.25) is 0 Å². The van der Waals surface area contributed by atoms with Gasteiger partial charge in [-0.15, -0.1) is 0 Å². The van der Waals surface area contributed by atoms with Gasteiger partial charge in [0, 0.05) is 32.7 Å². The molecule has 1 heterocycles. The molecule has 2 rings (SSSR count). The second-order valence-corrected chi connectivity index (χ2v) is 7.13. The number of aryl methyl sites for hydroxylation is 1. The van der Waals surface area contributed by atoms with Crippen LogP contribution in [0.5, 0.6) is 5.75 Å². The molecule has 1 atom stereocenters. The van der Waals surface area contributed by atoms with Gasteiger partial charge in [-0.2, -0.15) is 0 Å². The molecule has 1 aliphatic heterocycles. The van der Waals surface area contributed by atoms with E-state index in [0.29, 0.717) is 12.5 Å². The van der Waals surface area contributed by atoms with Crippen molar-refractivity contribution >= 4 is 0 Å². The van der Waals surface area contributed by atoms with Crippen molar-refractivity contribution in [2.75, 3.05) is 32.7 Å². The van der Waals surface area contributed by atoms with Crippen LogP contribution in [0.15, 0.2) is 12.1 Å². The highest BCUT2D eigenvalue weighted by molar-refractivity contribution is 5.45. The number of aliphatic hydroxyl groups excluding tert-OH is 1. The fourth-order valence-corrected chi connectivity index (χ4v) is 3.12. The summed E-state index contributed by atoms with van der Waals surface area (Å²) in [5.74, 6) is 1.32. The topological polar surface area (TPSA) is 44.7 Å². The van der Waals surface area contributed by atoms with Gasteiger partial charge in [-0.05, 0) is 55.5 Å². The number of aliphatic hydroxyl groups is 1. The molecule has 1 fully saturated rings. The standard InChI is InChI=1S/C19H32N2O2/c1-13(2)16-11-17(15(5)10-19(16)23-14(3)4)18(22)12-21-8-6-20-7-9-21/h10-11,13-14,18,20,22H,6-9,12H2,1-5H3. The second-order valence-electron chi connectivity index (χ2n) is 7.13. The molecule has 1 aromatic carbocycles. The summed E-state index contributed by atoms with van der Waals surface area (Å²) in [6, 6.07) is 4.23. The molecular weight excluding hydrogens is 288 g/mol. The van der Waals surface area contributed by atoms with Gasteiger partial charge in [0.1, 0.15) is 5.75 Å². The third-order valence-electron chi connectivity index (χ3n) is 4.38. The van der Waals surface area contributed by atoms with Crippen LogP contribution in [0.3, 0.4) is 0 Å². The predicted octanol–water partition coefficient (Wildman–Crippen LogP) is 2.84. The number of piperazine rings is 1. The maximum absolute atomic E-state index is 10.7. The third-order valence-corrected chi connectivity index (χ3v) is 4.38. The zero-order valence-electron chi connectivity index (χ0n) is 15.2. The van der Waals surface area contributed by atoms with E-state index in [2.05, 4.69) is 43.1 Å². The number of rotatable bonds is 6. The minimum atomic E-state index is -0.446. The quantitative estimate of drug-likeness (QED) is 0.846. The number of nitrogens with zero attached hydrogens (tertiary/aromatic N) is 1. The molecule has 1 unspecified atom stereocenters. The number of β-amino-alcohol motifs (C(OH)–C–C–N with tert-alkyl or cyclic N) is 1. The number of benzene rings is 1. The summed E-state index contributed by atoms with van der Waals surface area (Å²) in [5.41, 5.74) is 3.31. The summed E-state index contributed by atoms with van der Waals surface area (Å²) in [7, 11) is 0. The average Bonchev–Trinajstić information content (AvgIpc) is 2.47. The minimum absolute atomic E-state index is 0.156. The van der Waals surface area contributed by atoms with Crippen LogP contribution in [0.25, 0.3) is 0 Å². The highest BCUT2D eigenvalue weighted by Gasteiger charge is 2.20. The first kappa shape index (κ1) is 18.2. The molecule has 0 aliphatic carbocycles. The molecule has 0 saturated carbocycles. The Balaban J connectivity index is 2.21. The molecule has 0 radical (unpaired) electrons. The van der Waals surface area contributed by atoms with E-state index in [1.165, 1.54) is 5.56 Å². The molecule has 2 N–H and O–H groups in total. The zero-order valence-corrected chi connectivity index (χ0v) is 15.2. The smallest absolute Gasteiger partial charge is 0.123 e. The SMILES string of the molecule is Cc1cc(OC(C)C)c(C(C)C)cc1C(O)CN1CCNCC1. The molecule has 23 heavy (non-hydrogen) atoms. The number of nitrogens with one attached hydrogen (secondary N) is 1. The van der Waals surface area contributed by atoms with Crippen LogP contribution in [0.2, 0.25) is 0 Å². The Bertz CT molecular complexity index is 508. The van der Waals surface area contributed by atoms with Gasteiger partial charge < -0.3 is 15.2 Å². The lowest BCUT2D eigenvalue weighted by Crippen LogP contribution is -2.45. The van der Waals surface area contributed by atoms with E-state index in [9.17, 15) is 5.11 Å². The Labute approximate surface area is 140 Å². The van der Waals surface area contributed by atoms with Crippen LogP contribution in [0.4, 0.5) is 0 Å². The van der Waals surface area contributed by atoms with E-state index >= 15 is 0 Å². The Morgan fingerprint density at radius 3 is 2.35 bits per heavy atom. The van der Waals surface area contributed by atoms with E-state index in [0.717, 1.165) is 43.1 Å². The highest BCUT2D eigenvalue weighted by Crippen LogP contribution is 2.33. The van der Waals surface area contributed by atoms with Crippen LogP contribution < -0.4 is 10.1 Å². The summed E-state index contributed by atoms with van der Waals surface area (Å²) < 4.78 is 5.97. The lowest BCUT2D eigenvalue weighted by molar-refractivity contribution is 0.105. The third kappa shape index (κ3) is 4.93. The van der Waals surface area contributed by atoms with Crippen molar-refractivity contribution < 1.29 is 9.84 Å². The van der Waals surface area contributed by atoms with Gasteiger partial charge >= 0.3 is 0 Å². The molecule has 130 valence electrons. The van der Waals surface area contributed by atoms with E-state index in [4.69, 9.17) is 4.74 Å². The first-order valence-corrected chi connectivity index (χ1v) is 8.80.